The standard InChI is InChI=1S/C19H15N3/c1-2-10-19(13-21,14-22)18(9-11-20)17-8-7-15-5-3-4-6-16(15)12-17/h2-8,12,18H,1,9-10H2. The normalized spacial score (nSPS) is 11.9. The van der Waals surface area contributed by atoms with Crippen LogP contribution in [0.1, 0.15) is 24.3 Å². The highest BCUT2D eigenvalue weighted by Gasteiger charge is 2.39. The van der Waals surface area contributed by atoms with Crippen LogP contribution < -0.4 is 0 Å². The van der Waals surface area contributed by atoms with Crippen molar-refractivity contribution in [1.82, 2.24) is 0 Å². The fourth-order valence-electron chi connectivity index (χ4n) is 2.73. The number of nitriles is 3. The van der Waals surface area contributed by atoms with Crippen molar-refractivity contribution in [2.45, 2.75) is 18.8 Å². The summed E-state index contributed by atoms with van der Waals surface area (Å²) in [7, 11) is 0. The van der Waals surface area contributed by atoms with Crippen LogP contribution in [0.3, 0.4) is 0 Å². The Balaban J connectivity index is 2.59. The van der Waals surface area contributed by atoms with Crippen LogP contribution in [0, 0.1) is 39.4 Å². The van der Waals surface area contributed by atoms with Crippen molar-refractivity contribution in [1.29, 1.82) is 15.8 Å². The highest BCUT2D eigenvalue weighted by atomic mass is 14.5. The van der Waals surface area contributed by atoms with Crippen molar-refractivity contribution in [2.75, 3.05) is 0 Å². The number of allylic oxidation sites excluding steroid dienone is 1. The van der Waals surface area contributed by atoms with Crippen molar-refractivity contribution in [3.63, 3.8) is 0 Å². The van der Waals surface area contributed by atoms with Crippen molar-refractivity contribution < 1.29 is 0 Å². The molecule has 1 unspecified atom stereocenters. The third kappa shape index (κ3) is 2.69. The molecule has 0 aromatic heterocycles. The van der Waals surface area contributed by atoms with Gasteiger partial charge in [0.2, 0.25) is 0 Å². The Morgan fingerprint density at radius 2 is 1.73 bits per heavy atom. The molecule has 0 saturated carbocycles. The summed E-state index contributed by atoms with van der Waals surface area (Å²) in [6.07, 6.45) is 1.92. The summed E-state index contributed by atoms with van der Waals surface area (Å²) < 4.78 is 0. The molecule has 22 heavy (non-hydrogen) atoms. The number of hydrogen-bond acceptors (Lipinski definition) is 3. The summed E-state index contributed by atoms with van der Waals surface area (Å²) in [4.78, 5) is 0. The largest absolute Gasteiger partial charge is 0.198 e. The van der Waals surface area contributed by atoms with Gasteiger partial charge in [-0.25, -0.2) is 0 Å². The second-order valence-corrected chi connectivity index (χ2v) is 5.21. The van der Waals surface area contributed by atoms with E-state index in [4.69, 9.17) is 5.26 Å². The van der Waals surface area contributed by atoms with Crippen LogP contribution in [-0.4, -0.2) is 0 Å². The lowest BCUT2D eigenvalue weighted by molar-refractivity contribution is 0.418. The van der Waals surface area contributed by atoms with E-state index in [0.717, 1.165) is 16.3 Å². The highest BCUT2D eigenvalue weighted by Crippen LogP contribution is 2.41. The van der Waals surface area contributed by atoms with Gasteiger partial charge in [-0.2, -0.15) is 15.8 Å². The Morgan fingerprint density at radius 3 is 2.32 bits per heavy atom. The number of rotatable bonds is 5. The maximum Gasteiger partial charge on any atom is 0.155 e. The molecule has 0 N–H and O–H groups in total. The van der Waals surface area contributed by atoms with Crippen LogP contribution in [-0.2, 0) is 0 Å². The van der Waals surface area contributed by atoms with Crippen molar-refractivity contribution >= 4 is 10.8 Å². The second-order valence-electron chi connectivity index (χ2n) is 5.21. The molecule has 2 aromatic carbocycles. The molecule has 0 bridgehead atoms. The molecule has 0 fully saturated rings. The molecule has 106 valence electrons. The first kappa shape index (κ1) is 15.3. The Bertz CT molecular complexity index is 801. The third-order valence-corrected chi connectivity index (χ3v) is 3.93. The minimum atomic E-state index is -1.26. The topological polar surface area (TPSA) is 71.4 Å². The molecule has 0 aliphatic carbocycles. The van der Waals surface area contributed by atoms with E-state index in [-0.39, 0.29) is 12.8 Å². The molecule has 2 rings (SSSR count). The molecular weight excluding hydrogens is 270 g/mol. The third-order valence-electron chi connectivity index (χ3n) is 3.93. The summed E-state index contributed by atoms with van der Waals surface area (Å²) in [5.41, 5.74) is -0.426. The highest BCUT2D eigenvalue weighted by molar-refractivity contribution is 5.83. The smallest absolute Gasteiger partial charge is 0.155 e. The van der Waals surface area contributed by atoms with E-state index in [1.807, 2.05) is 42.5 Å². The first-order chi connectivity index (χ1) is 10.7. The molecule has 0 saturated heterocycles. The zero-order valence-corrected chi connectivity index (χ0v) is 12.2. The van der Waals surface area contributed by atoms with Gasteiger partial charge < -0.3 is 0 Å². The fraction of sp³-hybridized carbons (Fsp3) is 0.211. The molecule has 0 amide bonds. The summed E-state index contributed by atoms with van der Waals surface area (Å²) in [5.74, 6) is -0.463. The summed E-state index contributed by atoms with van der Waals surface area (Å²) >= 11 is 0. The number of fused-ring (bicyclic) bond motifs is 1. The molecular formula is C19H15N3. The van der Waals surface area contributed by atoms with Crippen LogP contribution in [0.5, 0.6) is 0 Å². The van der Waals surface area contributed by atoms with Gasteiger partial charge in [0, 0.05) is 12.3 Å². The van der Waals surface area contributed by atoms with E-state index in [1.165, 1.54) is 0 Å². The Morgan fingerprint density at radius 1 is 1.05 bits per heavy atom. The lowest BCUT2D eigenvalue weighted by Crippen LogP contribution is -2.25. The van der Waals surface area contributed by atoms with Gasteiger partial charge in [0.05, 0.1) is 18.2 Å². The van der Waals surface area contributed by atoms with Crippen molar-refractivity contribution in [3.8, 4) is 18.2 Å². The molecule has 1 atom stereocenters. The van der Waals surface area contributed by atoms with Gasteiger partial charge in [0.15, 0.2) is 5.41 Å². The number of nitrogens with zero attached hydrogens (tertiary/aromatic N) is 3. The van der Waals surface area contributed by atoms with Crippen LogP contribution in [0.15, 0.2) is 55.1 Å². The molecule has 2 aromatic rings. The van der Waals surface area contributed by atoms with Gasteiger partial charge in [-0.15, -0.1) is 6.58 Å². The maximum absolute atomic E-state index is 9.55. The molecule has 0 aliphatic rings. The Labute approximate surface area is 130 Å². The lowest BCUT2D eigenvalue weighted by Gasteiger charge is -2.27. The number of benzene rings is 2. The van der Waals surface area contributed by atoms with Gasteiger partial charge >= 0.3 is 0 Å². The monoisotopic (exact) mass is 285 g/mol. The summed E-state index contributed by atoms with van der Waals surface area (Å²) in [5, 5.41) is 30.4. The summed E-state index contributed by atoms with van der Waals surface area (Å²) in [6, 6.07) is 20.0. The van der Waals surface area contributed by atoms with Gasteiger partial charge in [0.25, 0.3) is 0 Å². The number of hydrogen-bond donors (Lipinski definition) is 0. The predicted molar refractivity (Wildman–Crippen MR) is 85.4 cm³/mol. The van der Waals surface area contributed by atoms with Crippen LogP contribution >= 0.6 is 0 Å². The first-order valence-corrected chi connectivity index (χ1v) is 7.00. The molecule has 3 heteroatoms. The van der Waals surface area contributed by atoms with Gasteiger partial charge in [-0.1, -0.05) is 48.5 Å². The van der Waals surface area contributed by atoms with E-state index in [9.17, 15) is 10.5 Å². The van der Waals surface area contributed by atoms with E-state index >= 15 is 0 Å². The van der Waals surface area contributed by atoms with Crippen LogP contribution in [0.4, 0.5) is 0 Å². The average molecular weight is 285 g/mol. The van der Waals surface area contributed by atoms with Gasteiger partial charge in [0.1, 0.15) is 0 Å². The van der Waals surface area contributed by atoms with E-state index in [2.05, 4.69) is 24.8 Å². The Hall–Kier alpha value is -3.09. The fourth-order valence-corrected chi connectivity index (χ4v) is 2.73. The second kappa shape index (κ2) is 6.57. The lowest BCUT2D eigenvalue weighted by atomic mass is 9.70. The Kier molecular flexibility index (Phi) is 4.57. The molecule has 3 nitrogen and oxygen atoms in total. The van der Waals surface area contributed by atoms with E-state index in [1.54, 1.807) is 6.08 Å². The van der Waals surface area contributed by atoms with Gasteiger partial charge in [-0.05, 0) is 22.8 Å². The average Bonchev–Trinajstić information content (AvgIpc) is 2.57. The molecule has 0 radical (unpaired) electrons. The van der Waals surface area contributed by atoms with E-state index in [0.29, 0.717) is 0 Å². The van der Waals surface area contributed by atoms with Crippen molar-refractivity contribution in [3.05, 3.63) is 60.7 Å². The quantitative estimate of drug-likeness (QED) is 0.762. The molecule has 0 aliphatic heterocycles. The maximum atomic E-state index is 9.55. The van der Waals surface area contributed by atoms with Gasteiger partial charge in [-0.3, -0.25) is 0 Å². The molecule has 0 spiro atoms. The van der Waals surface area contributed by atoms with Crippen LogP contribution in [0.2, 0.25) is 0 Å². The minimum absolute atomic E-state index is 0.118. The minimum Gasteiger partial charge on any atom is -0.198 e. The zero-order chi connectivity index (χ0) is 16.0. The van der Waals surface area contributed by atoms with Crippen molar-refractivity contribution in [2.24, 2.45) is 5.41 Å². The van der Waals surface area contributed by atoms with E-state index < -0.39 is 11.3 Å². The SMILES string of the molecule is C=CCC(C#N)(C#N)C(CC#N)c1ccc2ccccc2c1. The predicted octanol–water partition coefficient (Wildman–Crippen LogP) is 4.45. The zero-order valence-electron chi connectivity index (χ0n) is 12.2. The van der Waals surface area contributed by atoms with Crippen LogP contribution in [0.25, 0.3) is 10.8 Å². The first-order valence-electron chi connectivity index (χ1n) is 7.00. The molecule has 0 heterocycles. The summed E-state index contributed by atoms with van der Waals surface area (Å²) in [6.45, 7) is 3.64.